The first-order valence-corrected chi connectivity index (χ1v) is 10.9. The summed E-state index contributed by atoms with van der Waals surface area (Å²) in [5, 5.41) is 1.99. The minimum atomic E-state index is -3.76. The molecule has 0 saturated carbocycles. The van der Waals surface area contributed by atoms with Gasteiger partial charge in [0.15, 0.2) is 10.1 Å². The molecular formula is C18H16N2O3S3. The fourth-order valence-electron chi connectivity index (χ4n) is 2.17. The number of carbonyl (C=O) groups is 1. The van der Waals surface area contributed by atoms with Crippen molar-refractivity contribution in [3.63, 3.8) is 0 Å². The van der Waals surface area contributed by atoms with Gasteiger partial charge >= 0.3 is 0 Å². The SMILES string of the molecule is CC(=O)c1cccc(S(=O)(=O)Nc2ccc(Sc3nc(C)cs3)cc2)c1. The molecule has 0 bridgehead atoms. The number of Topliss-reactive ketones (excluding diaryl/α,β-unsaturated/α-hetero) is 1. The molecule has 8 heteroatoms. The van der Waals surface area contributed by atoms with Crippen LogP contribution in [0.5, 0.6) is 0 Å². The number of thiazole rings is 1. The molecule has 26 heavy (non-hydrogen) atoms. The van der Waals surface area contributed by atoms with E-state index in [4.69, 9.17) is 0 Å². The number of ketones is 1. The molecule has 3 aromatic rings. The third-order valence-electron chi connectivity index (χ3n) is 3.46. The molecule has 0 radical (unpaired) electrons. The second-order valence-electron chi connectivity index (χ2n) is 5.57. The molecule has 0 fully saturated rings. The lowest BCUT2D eigenvalue weighted by Crippen LogP contribution is -2.13. The highest BCUT2D eigenvalue weighted by Gasteiger charge is 2.15. The van der Waals surface area contributed by atoms with Crippen molar-refractivity contribution in [2.24, 2.45) is 0 Å². The Balaban J connectivity index is 1.75. The number of aryl methyl sites for hydroxylation is 1. The molecule has 0 saturated heterocycles. The van der Waals surface area contributed by atoms with Gasteiger partial charge in [0, 0.05) is 27.2 Å². The van der Waals surface area contributed by atoms with Crippen LogP contribution in [0.1, 0.15) is 23.0 Å². The summed E-state index contributed by atoms with van der Waals surface area (Å²) in [5.74, 6) is -0.180. The number of carbonyl (C=O) groups excluding carboxylic acids is 1. The maximum absolute atomic E-state index is 12.5. The Morgan fingerprint density at radius 2 is 1.88 bits per heavy atom. The number of nitrogens with one attached hydrogen (secondary N) is 1. The van der Waals surface area contributed by atoms with Gasteiger partial charge in [0.05, 0.1) is 4.90 Å². The first-order valence-electron chi connectivity index (χ1n) is 7.67. The number of rotatable bonds is 6. The zero-order chi connectivity index (χ0) is 18.7. The molecule has 1 N–H and O–H groups in total. The Kier molecular flexibility index (Phi) is 5.45. The van der Waals surface area contributed by atoms with Gasteiger partial charge in [-0.25, -0.2) is 13.4 Å². The minimum absolute atomic E-state index is 0.0573. The van der Waals surface area contributed by atoms with Gasteiger partial charge in [0.1, 0.15) is 0 Å². The molecule has 0 aliphatic heterocycles. The molecule has 0 amide bonds. The zero-order valence-corrected chi connectivity index (χ0v) is 16.5. The van der Waals surface area contributed by atoms with Gasteiger partial charge in [-0.15, -0.1) is 11.3 Å². The number of hydrogen-bond acceptors (Lipinski definition) is 6. The van der Waals surface area contributed by atoms with E-state index < -0.39 is 10.0 Å². The molecular weight excluding hydrogens is 388 g/mol. The van der Waals surface area contributed by atoms with Gasteiger partial charge in [0.2, 0.25) is 0 Å². The lowest BCUT2D eigenvalue weighted by molar-refractivity contribution is 0.101. The average Bonchev–Trinajstić information content (AvgIpc) is 3.01. The molecule has 0 aliphatic rings. The van der Waals surface area contributed by atoms with E-state index in [2.05, 4.69) is 9.71 Å². The van der Waals surface area contributed by atoms with Crippen LogP contribution in [0.25, 0.3) is 0 Å². The molecule has 0 atom stereocenters. The topological polar surface area (TPSA) is 76.1 Å². The average molecular weight is 405 g/mol. The van der Waals surface area contributed by atoms with E-state index in [-0.39, 0.29) is 10.7 Å². The van der Waals surface area contributed by atoms with Crippen LogP contribution in [0.3, 0.4) is 0 Å². The normalized spacial score (nSPS) is 11.3. The maximum Gasteiger partial charge on any atom is 0.261 e. The van der Waals surface area contributed by atoms with Crippen molar-refractivity contribution >= 4 is 44.6 Å². The Morgan fingerprint density at radius 1 is 1.15 bits per heavy atom. The Hall–Kier alpha value is -2.16. The number of anilines is 1. The molecule has 2 aromatic carbocycles. The van der Waals surface area contributed by atoms with E-state index in [1.165, 1.54) is 30.8 Å². The van der Waals surface area contributed by atoms with E-state index in [0.717, 1.165) is 14.9 Å². The lowest BCUT2D eigenvalue weighted by atomic mass is 10.2. The van der Waals surface area contributed by atoms with Crippen molar-refractivity contribution in [2.45, 2.75) is 28.0 Å². The van der Waals surface area contributed by atoms with Crippen LogP contribution in [0.4, 0.5) is 5.69 Å². The number of hydrogen-bond donors (Lipinski definition) is 1. The maximum atomic E-state index is 12.5. The Bertz CT molecular complexity index is 1040. The largest absolute Gasteiger partial charge is 0.295 e. The molecule has 1 aromatic heterocycles. The predicted molar refractivity (Wildman–Crippen MR) is 105 cm³/mol. The number of benzene rings is 2. The second-order valence-corrected chi connectivity index (χ2v) is 9.43. The molecule has 3 rings (SSSR count). The van der Waals surface area contributed by atoms with Crippen LogP contribution in [-0.4, -0.2) is 19.2 Å². The fraction of sp³-hybridized carbons (Fsp3) is 0.111. The third-order valence-corrected chi connectivity index (χ3v) is 6.90. The van der Waals surface area contributed by atoms with Crippen molar-refractivity contribution in [3.05, 3.63) is 65.2 Å². The predicted octanol–water partition coefficient (Wildman–Crippen LogP) is 4.61. The van der Waals surface area contributed by atoms with Gasteiger partial charge in [-0.3, -0.25) is 9.52 Å². The summed E-state index contributed by atoms with van der Waals surface area (Å²) in [5.41, 5.74) is 1.80. The number of sulfonamides is 1. The van der Waals surface area contributed by atoms with Crippen LogP contribution in [0.2, 0.25) is 0 Å². The van der Waals surface area contributed by atoms with E-state index >= 15 is 0 Å². The highest BCUT2D eigenvalue weighted by atomic mass is 32.2. The van der Waals surface area contributed by atoms with Gasteiger partial charge in [-0.2, -0.15) is 0 Å². The molecule has 0 spiro atoms. The van der Waals surface area contributed by atoms with Gasteiger partial charge in [0.25, 0.3) is 10.0 Å². The van der Waals surface area contributed by atoms with E-state index in [9.17, 15) is 13.2 Å². The number of nitrogens with zero attached hydrogens (tertiary/aromatic N) is 1. The summed E-state index contributed by atoms with van der Waals surface area (Å²) >= 11 is 3.10. The molecule has 5 nitrogen and oxygen atoms in total. The second kappa shape index (κ2) is 7.61. The Morgan fingerprint density at radius 3 is 2.50 bits per heavy atom. The summed E-state index contributed by atoms with van der Waals surface area (Å²) in [7, 11) is -3.76. The quantitative estimate of drug-likeness (QED) is 0.607. The van der Waals surface area contributed by atoms with Crippen LogP contribution in [0.15, 0.2) is 68.0 Å². The highest BCUT2D eigenvalue weighted by Crippen LogP contribution is 2.31. The zero-order valence-electron chi connectivity index (χ0n) is 14.1. The van der Waals surface area contributed by atoms with E-state index in [1.807, 2.05) is 24.4 Å². The molecule has 0 aliphatic carbocycles. The lowest BCUT2D eigenvalue weighted by Gasteiger charge is -2.09. The monoisotopic (exact) mass is 404 g/mol. The van der Waals surface area contributed by atoms with Crippen LogP contribution >= 0.6 is 23.1 Å². The van der Waals surface area contributed by atoms with Crippen molar-refractivity contribution in [1.29, 1.82) is 0 Å². The molecule has 0 unspecified atom stereocenters. The van der Waals surface area contributed by atoms with Gasteiger partial charge < -0.3 is 0 Å². The summed E-state index contributed by atoms with van der Waals surface area (Å²) in [6.07, 6.45) is 0. The third kappa shape index (κ3) is 4.51. The molecule has 134 valence electrons. The fourth-order valence-corrected chi connectivity index (χ4v) is 5.08. The summed E-state index contributed by atoms with van der Waals surface area (Å²) < 4.78 is 28.5. The molecule has 1 heterocycles. The highest BCUT2D eigenvalue weighted by molar-refractivity contribution is 8.01. The van der Waals surface area contributed by atoms with Gasteiger partial charge in [-0.05, 0) is 50.2 Å². The van der Waals surface area contributed by atoms with Crippen molar-refractivity contribution in [2.75, 3.05) is 4.72 Å². The first kappa shape index (κ1) is 18.6. The summed E-state index contributed by atoms with van der Waals surface area (Å²) in [6.45, 7) is 3.35. The summed E-state index contributed by atoms with van der Waals surface area (Å²) in [6, 6.07) is 13.1. The Labute approximate surface area is 160 Å². The van der Waals surface area contributed by atoms with Crippen LogP contribution in [0, 0.1) is 6.92 Å². The smallest absolute Gasteiger partial charge is 0.261 e. The number of aromatic nitrogens is 1. The first-order chi connectivity index (χ1) is 12.3. The van der Waals surface area contributed by atoms with Gasteiger partial charge in [-0.1, -0.05) is 23.9 Å². The minimum Gasteiger partial charge on any atom is -0.295 e. The van der Waals surface area contributed by atoms with Crippen LogP contribution < -0.4 is 4.72 Å². The summed E-state index contributed by atoms with van der Waals surface area (Å²) in [4.78, 5) is 16.9. The standard InChI is InChI=1S/C18H16N2O3S3/c1-12-11-24-18(19-12)25-16-8-6-15(7-9-16)20-26(22,23)17-5-3-4-14(10-17)13(2)21/h3-11,20H,1-2H3. The van der Waals surface area contributed by atoms with E-state index in [1.54, 1.807) is 35.6 Å². The van der Waals surface area contributed by atoms with Crippen molar-refractivity contribution < 1.29 is 13.2 Å². The van der Waals surface area contributed by atoms with E-state index in [0.29, 0.717) is 11.3 Å². The van der Waals surface area contributed by atoms with Crippen molar-refractivity contribution in [1.82, 2.24) is 4.98 Å². The van der Waals surface area contributed by atoms with Crippen molar-refractivity contribution in [3.8, 4) is 0 Å². The van der Waals surface area contributed by atoms with Crippen LogP contribution in [-0.2, 0) is 10.0 Å².